The number of benzene rings is 1. The van der Waals surface area contributed by atoms with Gasteiger partial charge in [-0.2, -0.15) is 0 Å². The van der Waals surface area contributed by atoms with Crippen molar-refractivity contribution in [2.24, 2.45) is 0 Å². The predicted molar refractivity (Wildman–Crippen MR) is 62.3 cm³/mol. The molecule has 15 heavy (non-hydrogen) atoms. The van der Waals surface area contributed by atoms with Gasteiger partial charge in [0.05, 0.1) is 6.73 Å². The maximum Gasteiger partial charge on any atom is 0.0957 e. The predicted octanol–water partition coefficient (Wildman–Crippen LogP) is 1.41. The summed E-state index contributed by atoms with van der Waals surface area (Å²) in [6, 6.07) is 7.90. The first kappa shape index (κ1) is 10.7. The molecule has 82 valence electrons. The van der Waals surface area contributed by atoms with Gasteiger partial charge in [0.2, 0.25) is 0 Å². The van der Waals surface area contributed by atoms with Crippen molar-refractivity contribution in [2.75, 3.05) is 37.8 Å². The third-order valence-corrected chi connectivity index (χ3v) is 2.98. The zero-order valence-electron chi connectivity index (χ0n) is 8.56. The average molecular weight is 227 g/mol. The van der Waals surface area contributed by atoms with Gasteiger partial charge in [0.1, 0.15) is 0 Å². The highest BCUT2D eigenvalue weighted by Crippen LogP contribution is 2.20. The number of anilines is 1. The number of aliphatic hydroxyl groups excluding tert-OH is 1. The van der Waals surface area contributed by atoms with Crippen LogP contribution in [0.15, 0.2) is 24.3 Å². The van der Waals surface area contributed by atoms with Gasteiger partial charge in [-0.1, -0.05) is 17.7 Å². The Hall–Kier alpha value is -0.770. The lowest BCUT2D eigenvalue weighted by molar-refractivity contribution is 0.102. The van der Waals surface area contributed by atoms with Gasteiger partial charge in [0.25, 0.3) is 0 Å². The summed E-state index contributed by atoms with van der Waals surface area (Å²) in [5.74, 6) is 0. The molecule has 0 saturated carbocycles. The van der Waals surface area contributed by atoms with E-state index in [1.54, 1.807) is 0 Å². The number of piperazine rings is 1. The molecule has 1 aliphatic heterocycles. The molecule has 1 N–H and O–H groups in total. The maximum atomic E-state index is 8.98. The fourth-order valence-corrected chi connectivity index (χ4v) is 2.00. The SMILES string of the molecule is OCN1CCN(c2cccc(Cl)c2)CC1. The molecule has 1 heterocycles. The first-order chi connectivity index (χ1) is 7.29. The van der Waals surface area contributed by atoms with Gasteiger partial charge in [-0.25, -0.2) is 0 Å². The third kappa shape index (κ3) is 2.62. The summed E-state index contributed by atoms with van der Waals surface area (Å²) >= 11 is 5.94. The van der Waals surface area contributed by atoms with Gasteiger partial charge >= 0.3 is 0 Å². The zero-order chi connectivity index (χ0) is 10.7. The van der Waals surface area contributed by atoms with Crippen molar-refractivity contribution in [3.05, 3.63) is 29.3 Å². The van der Waals surface area contributed by atoms with Gasteiger partial charge in [-0.3, -0.25) is 4.90 Å². The molecular weight excluding hydrogens is 212 g/mol. The van der Waals surface area contributed by atoms with E-state index >= 15 is 0 Å². The molecule has 1 aromatic rings. The van der Waals surface area contributed by atoms with Crippen molar-refractivity contribution < 1.29 is 5.11 Å². The molecule has 1 aliphatic rings. The van der Waals surface area contributed by atoms with Crippen LogP contribution in [-0.2, 0) is 0 Å². The molecule has 0 atom stereocenters. The normalized spacial score (nSPS) is 18.1. The Morgan fingerprint density at radius 1 is 1.20 bits per heavy atom. The quantitative estimate of drug-likeness (QED) is 0.826. The number of nitrogens with zero attached hydrogens (tertiary/aromatic N) is 2. The van der Waals surface area contributed by atoms with E-state index in [-0.39, 0.29) is 6.73 Å². The molecule has 0 aliphatic carbocycles. The maximum absolute atomic E-state index is 8.98. The molecule has 3 nitrogen and oxygen atoms in total. The Morgan fingerprint density at radius 3 is 2.53 bits per heavy atom. The summed E-state index contributed by atoms with van der Waals surface area (Å²) in [7, 11) is 0. The lowest BCUT2D eigenvalue weighted by Crippen LogP contribution is -2.46. The van der Waals surface area contributed by atoms with Crippen LogP contribution in [0.3, 0.4) is 0 Å². The average Bonchev–Trinajstić information content (AvgIpc) is 2.29. The van der Waals surface area contributed by atoms with E-state index in [0.29, 0.717) is 0 Å². The first-order valence-corrected chi connectivity index (χ1v) is 5.51. The minimum atomic E-state index is 0.156. The van der Waals surface area contributed by atoms with Crippen LogP contribution in [0.25, 0.3) is 0 Å². The van der Waals surface area contributed by atoms with Crippen molar-refractivity contribution in [1.82, 2.24) is 4.90 Å². The van der Waals surface area contributed by atoms with Gasteiger partial charge < -0.3 is 10.0 Å². The molecule has 0 bridgehead atoms. The largest absolute Gasteiger partial charge is 0.381 e. The van der Waals surface area contributed by atoms with Gasteiger partial charge in [0.15, 0.2) is 0 Å². The fraction of sp³-hybridized carbons (Fsp3) is 0.455. The molecule has 4 heteroatoms. The van der Waals surface area contributed by atoms with Gasteiger partial charge in [-0.05, 0) is 18.2 Å². The van der Waals surface area contributed by atoms with E-state index in [0.717, 1.165) is 31.2 Å². The number of hydrogen-bond acceptors (Lipinski definition) is 3. The smallest absolute Gasteiger partial charge is 0.0957 e. The highest BCUT2D eigenvalue weighted by molar-refractivity contribution is 6.30. The molecular formula is C11H15ClN2O. The minimum absolute atomic E-state index is 0.156. The fourth-order valence-electron chi connectivity index (χ4n) is 1.82. The number of aliphatic hydroxyl groups is 1. The van der Waals surface area contributed by atoms with Crippen LogP contribution in [0.5, 0.6) is 0 Å². The summed E-state index contributed by atoms with van der Waals surface area (Å²) < 4.78 is 0. The van der Waals surface area contributed by atoms with Crippen LogP contribution < -0.4 is 4.90 Å². The van der Waals surface area contributed by atoms with Crippen LogP contribution in [0.1, 0.15) is 0 Å². The van der Waals surface area contributed by atoms with E-state index in [9.17, 15) is 0 Å². The van der Waals surface area contributed by atoms with E-state index in [1.807, 2.05) is 23.1 Å². The molecule has 0 spiro atoms. The van der Waals surface area contributed by atoms with Crippen molar-refractivity contribution in [1.29, 1.82) is 0 Å². The standard InChI is InChI=1S/C11H15ClN2O/c12-10-2-1-3-11(8-10)14-6-4-13(9-15)5-7-14/h1-3,8,15H,4-7,9H2. The summed E-state index contributed by atoms with van der Waals surface area (Å²) in [5.41, 5.74) is 1.17. The Balaban J connectivity index is 2.01. The molecule has 0 amide bonds. The van der Waals surface area contributed by atoms with Crippen LogP contribution in [0.2, 0.25) is 5.02 Å². The van der Waals surface area contributed by atoms with Crippen LogP contribution >= 0.6 is 11.6 Å². The molecule has 0 radical (unpaired) electrons. The third-order valence-electron chi connectivity index (χ3n) is 2.75. The van der Waals surface area contributed by atoms with Crippen molar-refractivity contribution in [2.45, 2.75) is 0 Å². The van der Waals surface area contributed by atoms with Gasteiger partial charge in [-0.15, -0.1) is 0 Å². The lowest BCUT2D eigenvalue weighted by atomic mass is 10.2. The Morgan fingerprint density at radius 2 is 1.93 bits per heavy atom. The second-order valence-electron chi connectivity index (χ2n) is 3.73. The number of halogens is 1. The Kier molecular flexibility index (Phi) is 3.46. The molecule has 1 fully saturated rings. The van der Waals surface area contributed by atoms with Crippen LogP contribution in [0, 0.1) is 0 Å². The van der Waals surface area contributed by atoms with E-state index < -0.39 is 0 Å². The Labute approximate surface area is 94.9 Å². The van der Waals surface area contributed by atoms with Crippen molar-refractivity contribution in [3.8, 4) is 0 Å². The monoisotopic (exact) mass is 226 g/mol. The van der Waals surface area contributed by atoms with Crippen molar-refractivity contribution in [3.63, 3.8) is 0 Å². The molecule has 1 saturated heterocycles. The second-order valence-corrected chi connectivity index (χ2v) is 4.16. The number of hydrogen-bond donors (Lipinski definition) is 1. The van der Waals surface area contributed by atoms with E-state index in [1.165, 1.54) is 5.69 Å². The summed E-state index contributed by atoms with van der Waals surface area (Å²) in [6.45, 7) is 3.86. The van der Waals surface area contributed by atoms with Crippen molar-refractivity contribution >= 4 is 17.3 Å². The highest BCUT2D eigenvalue weighted by Gasteiger charge is 2.15. The van der Waals surface area contributed by atoms with Crippen LogP contribution in [-0.4, -0.2) is 42.9 Å². The molecule has 1 aromatic carbocycles. The topological polar surface area (TPSA) is 26.7 Å². The lowest BCUT2D eigenvalue weighted by Gasteiger charge is -2.35. The van der Waals surface area contributed by atoms with E-state index in [2.05, 4.69) is 11.0 Å². The second kappa shape index (κ2) is 4.84. The summed E-state index contributed by atoms with van der Waals surface area (Å²) in [4.78, 5) is 4.32. The molecule has 0 unspecified atom stereocenters. The first-order valence-electron chi connectivity index (χ1n) is 5.13. The summed E-state index contributed by atoms with van der Waals surface area (Å²) in [6.07, 6.45) is 0. The molecule has 2 rings (SSSR count). The highest BCUT2D eigenvalue weighted by atomic mass is 35.5. The molecule has 0 aromatic heterocycles. The van der Waals surface area contributed by atoms with Gasteiger partial charge in [0, 0.05) is 36.9 Å². The Bertz CT molecular complexity index is 324. The zero-order valence-corrected chi connectivity index (χ0v) is 9.32. The number of rotatable bonds is 2. The minimum Gasteiger partial charge on any atom is -0.381 e. The summed E-state index contributed by atoms with van der Waals surface area (Å²) in [5, 5.41) is 9.75. The van der Waals surface area contributed by atoms with E-state index in [4.69, 9.17) is 16.7 Å². The van der Waals surface area contributed by atoms with Crippen LogP contribution in [0.4, 0.5) is 5.69 Å².